The number of carboxylic acid groups (broad SMARTS) is 1. The number of nitrogens with one attached hydrogen (secondary N) is 1. The molecule has 0 spiro atoms. The molecule has 8 heteroatoms. The van der Waals surface area contributed by atoms with E-state index in [0.717, 1.165) is 54.3 Å². The number of likely N-dealkylation sites (tertiary alicyclic amines) is 1. The van der Waals surface area contributed by atoms with Gasteiger partial charge in [-0.05, 0) is 90.7 Å². The van der Waals surface area contributed by atoms with Crippen molar-refractivity contribution in [3.05, 3.63) is 59.2 Å². The van der Waals surface area contributed by atoms with Crippen LogP contribution in [0.15, 0.2) is 42.5 Å². The lowest BCUT2D eigenvalue weighted by Crippen LogP contribution is -2.41. The number of methoxy groups -OCH3 is 1. The van der Waals surface area contributed by atoms with Crippen LogP contribution < -0.4 is 5.32 Å². The largest absolute Gasteiger partial charge is 0.480 e. The number of carboxylic acids is 1. The Labute approximate surface area is 254 Å². The first-order chi connectivity index (χ1) is 19.9. The van der Waals surface area contributed by atoms with Crippen LogP contribution in [0.1, 0.15) is 66.4 Å². The molecule has 4 rings (SSSR count). The van der Waals surface area contributed by atoms with Crippen LogP contribution in [0.3, 0.4) is 0 Å². The maximum Gasteiger partial charge on any atom is 0.326 e. The summed E-state index contributed by atoms with van der Waals surface area (Å²) in [6, 6.07) is 13.6. The molecule has 2 aliphatic rings. The smallest absolute Gasteiger partial charge is 0.326 e. The number of hydrogen-bond acceptors (Lipinski definition) is 6. The Morgan fingerprint density at radius 2 is 1.90 bits per heavy atom. The normalized spacial score (nSPS) is 20.7. The molecule has 0 bridgehead atoms. The van der Waals surface area contributed by atoms with Crippen LogP contribution in [0.2, 0.25) is 0 Å². The monoisotopic (exact) mass is 598 g/mol. The van der Waals surface area contributed by atoms with Crippen molar-refractivity contribution >= 4 is 35.4 Å². The second kappa shape index (κ2) is 16.0. The molecule has 1 heterocycles. The molecule has 1 saturated carbocycles. The van der Waals surface area contributed by atoms with Crippen LogP contribution in [0.4, 0.5) is 0 Å². The van der Waals surface area contributed by atoms with Gasteiger partial charge in [-0.25, -0.2) is 4.79 Å². The number of hydrogen-bond donors (Lipinski definition) is 2. The van der Waals surface area contributed by atoms with Crippen LogP contribution in [0, 0.1) is 12.8 Å². The van der Waals surface area contributed by atoms with E-state index in [1.807, 2.05) is 49.6 Å². The van der Waals surface area contributed by atoms with Crippen LogP contribution in [0.5, 0.6) is 0 Å². The molecule has 0 aromatic heterocycles. The van der Waals surface area contributed by atoms with E-state index in [2.05, 4.69) is 28.0 Å². The summed E-state index contributed by atoms with van der Waals surface area (Å²) in [6.07, 6.45) is 10.4. The van der Waals surface area contributed by atoms with Crippen molar-refractivity contribution < 1.29 is 19.4 Å². The number of nitrogens with zero attached hydrogens (tertiary/aromatic N) is 1. The van der Waals surface area contributed by atoms with Gasteiger partial charge < -0.3 is 15.2 Å². The van der Waals surface area contributed by atoms with Crippen molar-refractivity contribution in [1.82, 2.24) is 10.2 Å². The maximum absolute atomic E-state index is 13.5. The van der Waals surface area contributed by atoms with Gasteiger partial charge in [0.2, 0.25) is 0 Å². The van der Waals surface area contributed by atoms with Crippen molar-refractivity contribution in [1.29, 1.82) is 0 Å². The molecule has 3 atom stereocenters. The quantitative estimate of drug-likeness (QED) is 0.257. The molecule has 1 amide bonds. The Bertz CT molecular complexity index is 1150. The van der Waals surface area contributed by atoms with Crippen LogP contribution >= 0.6 is 23.5 Å². The first-order valence-corrected chi connectivity index (χ1v) is 17.4. The molecule has 1 aliphatic heterocycles. The molecule has 2 N–H and O–H groups in total. The fourth-order valence-corrected chi connectivity index (χ4v) is 8.20. The van der Waals surface area contributed by atoms with Crippen molar-refractivity contribution in [2.75, 3.05) is 38.0 Å². The molecule has 2 aromatic carbocycles. The number of ether oxygens (including phenoxy) is 1. The third kappa shape index (κ3) is 8.99. The first kappa shape index (κ1) is 31.9. The number of benzene rings is 2. The minimum absolute atomic E-state index is 0.346. The van der Waals surface area contributed by atoms with Gasteiger partial charge >= 0.3 is 5.97 Å². The lowest BCUT2D eigenvalue weighted by Gasteiger charge is -2.25. The van der Waals surface area contributed by atoms with E-state index < -0.39 is 12.0 Å². The SMILES string of the molecule is COC[C@@H]1C[C@@H](SCC2CCCCC2)CN1Cc1ccc(C(=O)N[C@@H](CCSC)C(=O)O)c(-c2ccccc2C)c1. The van der Waals surface area contributed by atoms with Gasteiger partial charge in [0.25, 0.3) is 5.91 Å². The van der Waals surface area contributed by atoms with Crippen molar-refractivity contribution in [3.63, 3.8) is 0 Å². The fraction of sp³-hybridized carbons (Fsp3) is 0.576. The van der Waals surface area contributed by atoms with Gasteiger partial charge in [0.1, 0.15) is 6.04 Å². The summed E-state index contributed by atoms with van der Waals surface area (Å²) >= 11 is 3.73. The van der Waals surface area contributed by atoms with E-state index in [9.17, 15) is 14.7 Å². The van der Waals surface area contributed by atoms with Crippen molar-refractivity contribution in [2.45, 2.75) is 75.7 Å². The third-order valence-corrected chi connectivity index (χ3v) is 10.6. The highest BCUT2D eigenvalue weighted by atomic mass is 32.2. The van der Waals surface area contributed by atoms with Gasteiger partial charge in [0, 0.05) is 37.1 Å². The summed E-state index contributed by atoms with van der Waals surface area (Å²) < 4.78 is 5.63. The number of amides is 1. The summed E-state index contributed by atoms with van der Waals surface area (Å²) in [5.74, 6) is 1.46. The van der Waals surface area contributed by atoms with E-state index in [4.69, 9.17) is 4.74 Å². The second-order valence-electron chi connectivity index (χ2n) is 11.6. The van der Waals surface area contributed by atoms with Crippen LogP contribution in [-0.2, 0) is 16.1 Å². The zero-order valence-electron chi connectivity index (χ0n) is 24.8. The zero-order chi connectivity index (χ0) is 29.2. The molecule has 6 nitrogen and oxygen atoms in total. The van der Waals surface area contributed by atoms with E-state index in [0.29, 0.717) is 29.0 Å². The van der Waals surface area contributed by atoms with Gasteiger partial charge in [0.15, 0.2) is 0 Å². The van der Waals surface area contributed by atoms with Crippen molar-refractivity contribution in [2.24, 2.45) is 5.92 Å². The molecular formula is C33H46N2O4S2. The molecule has 0 radical (unpaired) electrons. The summed E-state index contributed by atoms with van der Waals surface area (Å²) in [7, 11) is 1.79. The lowest BCUT2D eigenvalue weighted by molar-refractivity contribution is -0.139. The van der Waals surface area contributed by atoms with Gasteiger partial charge in [-0.1, -0.05) is 49.6 Å². The molecular weight excluding hydrogens is 553 g/mol. The van der Waals surface area contributed by atoms with E-state index in [-0.39, 0.29) is 5.91 Å². The molecule has 41 heavy (non-hydrogen) atoms. The average Bonchev–Trinajstić information content (AvgIpc) is 3.35. The van der Waals surface area contributed by atoms with E-state index in [1.54, 1.807) is 18.9 Å². The zero-order valence-corrected chi connectivity index (χ0v) is 26.4. The van der Waals surface area contributed by atoms with Crippen molar-refractivity contribution in [3.8, 4) is 11.1 Å². The highest BCUT2D eigenvalue weighted by Crippen LogP contribution is 2.35. The third-order valence-electron chi connectivity index (χ3n) is 8.50. The van der Waals surface area contributed by atoms with Gasteiger partial charge in [0.05, 0.1) is 6.61 Å². The lowest BCUT2D eigenvalue weighted by atomic mass is 9.91. The Kier molecular flexibility index (Phi) is 12.5. The number of rotatable bonds is 14. The molecule has 1 aliphatic carbocycles. The standard InChI is InChI=1S/C33H46N2O4S2/c1-23-9-7-8-12-28(23)30-17-25(13-14-29(30)32(36)34-31(33(37)38)15-16-40-3)19-35-20-27(18-26(35)21-39-2)41-22-24-10-5-4-6-11-24/h7-9,12-14,17,24,26-27,31H,4-6,10-11,15-16,18-22H2,1-3H3,(H,34,36)(H,37,38)/t26-,27+,31-/m0/s1. The van der Waals surface area contributed by atoms with Gasteiger partial charge in [-0.3, -0.25) is 9.69 Å². The average molecular weight is 599 g/mol. The number of thioether (sulfide) groups is 2. The summed E-state index contributed by atoms with van der Waals surface area (Å²) in [5.41, 5.74) is 4.57. The van der Waals surface area contributed by atoms with Gasteiger partial charge in [-0.2, -0.15) is 23.5 Å². The predicted molar refractivity (Wildman–Crippen MR) is 172 cm³/mol. The first-order valence-electron chi connectivity index (χ1n) is 15.0. The summed E-state index contributed by atoms with van der Waals surface area (Å²) in [4.78, 5) is 27.8. The fourth-order valence-electron chi connectivity index (χ4n) is 6.19. The van der Waals surface area contributed by atoms with E-state index in [1.165, 1.54) is 37.9 Å². The van der Waals surface area contributed by atoms with E-state index >= 15 is 0 Å². The summed E-state index contributed by atoms with van der Waals surface area (Å²) in [6.45, 7) is 4.60. The molecule has 1 saturated heterocycles. The molecule has 2 fully saturated rings. The number of aryl methyl sites for hydroxylation is 1. The molecule has 224 valence electrons. The Morgan fingerprint density at radius 1 is 1.12 bits per heavy atom. The highest BCUT2D eigenvalue weighted by Gasteiger charge is 2.33. The summed E-state index contributed by atoms with van der Waals surface area (Å²) in [5, 5.41) is 13.1. The van der Waals surface area contributed by atoms with Crippen LogP contribution in [0.25, 0.3) is 11.1 Å². The molecule has 2 aromatic rings. The number of carbonyl (C=O) groups is 2. The number of carbonyl (C=O) groups excluding carboxylic acids is 1. The predicted octanol–water partition coefficient (Wildman–Crippen LogP) is 6.50. The Morgan fingerprint density at radius 3 is 2.61 bits per heavy atom. The minimum atomic E-state index is -1.00. The maximum atomic E-state index is 13.5. The van der Waals surface area contributed by atoms with Gasteiger partial charge in [-0.15, -0.1) is 0 Å². The van der Waals surface area contributed by atoms with Crippen LogP contribution in [-0.4, -0.2) is 77.2 Å². The number of aliphatic carboxylic acids is 1. The Hall–Kier alpha value is -2.00. The Balaban J connectivity index is 1.53. The molecule has 0 unspecified atom stereocenters. The minimum Gasteiger partial charge on any atom is -0.480 e. The second-order valence-corrected chi connectivity index (χ2v) is 13.9. The highest BCUT2D eigenvalue weighted by molar-refractivity contribution is 8.00. The topological polar surface area (TPSA) is 78.9 Å².